The summed E-state index contributed by atoms with van der Waals surface area (Å²) in [6.07, 6.45) is 14.0. The van der Waals surface area contributed by atoms with Gasteiger partial charge in [0.2, 0.25) is 0 Å². The molecule has 1 aromatic rings. The standard InChI is InChI=1S/C20H25NO/c22-19(18-9-17(18)15-4-2-6-21-12-15)20-5-1-3-14-7-13(10-20)8-16(14)11-20/h2,4,6,12-14,16-18H,1,3,5,7-11H2. The van der Waals surface area contributed by atoms with Gasteiger partial charge >= 0.3 is 0 Å². The number of aromatic nitrogens is 1. The molecule has 0 N–H and O–H groups in total. The highest BCUT2D eigenvalue weighted by Gasteiger charge is 2.57. The van der Waals surface area contributed by atoms with E-state index in [9.17, 15) is 4.79 Å². The number of Topliss-reactive ketones (excluding diaryl/α,β-unsaturated/α-hetero) is 1. The van der Waals surface area contributed by atoms with Crippen molar-refractivity contribution in [3.63, 3.8) is 0 Å². The Hall–Kier alpha value is -1.18. The van der Waals surface area contributed by atoms with Crippen LogP contribution in [0.15, 0.2) is 24.5 Å². The molecule has 6 atom stereocenters. The number of pyridine rings is 1. The third kappa shape index (κ3) is 1.92. The van der Waals surface area contributed by atoms with E-state index in [0.29, 0.717) is 17.6 Å². The van der Waals surface area contributed by atoms with Gasteiger partial charge in [0.25, 0.3) is 0 Å². The Morgan fingerprint density at radius 3 is 2.95 bits per heavy atom. The van der Waals surface area contributed by atoms with Crippen LogP contribution in [0, 0.1) is 29.1 Å². The van der Waals surface area contributed by atoms with Crippen LogP contribution in [0.5, 0.6) is 0 Å². The lowest BCUT2D eigenvalue weighted by Gasteiger charge is -2.39. The molecule has 3 bridgehead atoms. The molecular formula is C20H25NO. The summed E-state index contributed by atoms with van der Waals surface area (Å²) in [6.45, 7) is 0. The molecule has 1 heterocycles. The SMILES string of the molecule is O=C(C1CC1c1cccnc1)C12CCCC3CC(CC3C1)C2. The lowest BCUT2D eigenvalue weighted by atomic mass is 9.64. The Labute approximate surface area is 132 Å². The number of nitrogens with zero attached hydrogens (tertiary/aromatic N) is 1. The second-order valence-electron chi connectivity index (χ2n) is 8.54. The monoisotopic (exact) mass is 295 g/mol. The molecular weight excluding hydrogens is 270 g/mol. The van der Waals surface area contributed by atoms with Gasteiger partial charge in [-0.2, -0.15) is 0 Å². The average Bonchev–Trinajstić information content (AvgIpc) is 3.29. The highest BCUT2D eigenvalue weighted by atomic mass is 16.1. The fourth-order valence-corrected chi connectivity index (χ4v) is 6.32. The van der Waals surface area contributed by atoms with Gasteiger partial charge in [0.15, 0.2) is 0 Å². The highest BCUT2D eigenvalue weighted by molar-refractivity contribution is 5.90. The Morgan fingerprint density at radius 2 is 2.09 bits per heavy atom. The van der Waals surface area contributed by atoms with Crippen molar-refractivity contribution in [1.82, 2.24) is 4.98 Å². The third-order valence-corrected chi connectivity index (χ3v) is 7.26. The summed E-state index contributed by atoms with van der Waals surface area (Å²) in [7, 11) is 0. The summed E-state index contributed by atoms with van der Waals surface area (Å²) in [4.78, 5) is 17.6. The van der Waals surface area contributed by atoms with E-state index in [-0.39, 0.29) is 5.41 Å². The second-order valence-corrected chi connectivity index (χ2v) is 8.54. The lowest BCUT2D eigenvalue weighted by molar-refractivity contribution is -0.133. The van der Waals surface area contributed by atoms with Gasteiger partial charge in [0.1, 0.15) is 5.78 Å². The van der Waals surface area contributed by atoms with Crippen LogP contribution < -0.4 is 0 Å². The second kappa shape index (κ2) is 4.66. The van der Waals surface area contributed by atoms with Crippen molar-refractivity contribution in [2.45, 2.75) is 57.3 Å². The first-order valence-corrected chi connectivity index (χ1v) is 9.19. The van der Waals surface area contributed by atoms with Crippen molar-refractivity contribution < 1.29 is 4.79 Å². The lowest BCUT2D eigenvalue weighted by Crippen LogP contribution is -2.38. The van der Waals surface area contributed by atoms with Crippen LogP contribution in [-0.2, 0) is 4.79 Å². The first-order valence-electron chi connectivity index (χ1n) is 9.19. The van der Waals surface area contributed by atoms with Crippen molar-refractivity contribution in [1.29, 1.82) is 0 Å². The number of carbonyl (C=O) groups excluding carboxylic acids is 1. The normalized spacial score (nSPS) is 45.5. The van der Waals surface area contributed by atoms with Crippen LogP contribution >= 0.6 is 0 Å². The maximum atomic E-state index is 13.4. The number of carbonyl (C=O) groups is 1. The average molecular weight is 295 g/mol. The molecule has 1 aromatic heterocycles. The predicted molar refractivity (Wildman–Crippen MR) is 85.3 cm³/mol. The van der Waals surface area contributed by atoms with E-state index < -0.39 is 0 Å². The first-order chi connectivity index (χ1) is 10.8. The summed E-state index contributed by atoms with van der Waals surface area (Å²) in [5, 5.41) is 0. The van der Waals surface area contributed by atoms with Crippen molar-refractivity contribution >= 4 is 5.78 Å². The van der Waals surface area contributed by atoms with E-state index in [0.717, 1.165) is 24.2 Å². The van der Waals surface area contributed by atoms with Gasteiger partial charge in [-0.3, -0.25) is 9.78 Å². The smallest absolute Gasteiger partial charge is 0.142 e. The Kier molecular flexibility index (Phi) is 2.81. The van der Waals surface area contributed by atoms with Crippen molar-refractivity contribution in [2.75, 3.05) is 0 Å². The summed E-state index contributed by atoms with van der Waals surface area (Å²) in [6, 6.07) is 4.15. The predicted octanol–water partition coefficient (Wildman–Crippen LogP) is 4.36. The quantitative estimate of drug-likeness (QED) is 0.829. The minimum absolute atomic E-state index is 0.0699. The molecule has 0 saturated heterocycles. The van der Waals surface area contributed by atoms with Crippen LogP contribution in [0.2, 0.25) is 0 Å². The fourth-order valence-electron chi connectivity index (χ4n) is 6.32. The molecule has 6 unspecified atom stereocenters. The van der Waals surface area contributed by atoms with Gasteiger partial charge < -0.3 is 0 Å². The molecule has 4 aliphatic carbocycles. The largest absolute Gasteiger partial charge is 0.299 e. The molecule has 2 nitrogen and oxygen atoms in total. The zero-order chi connectivity index (χ0) is 14.7. The van der Waals surface area contributed by atoms with E-state index in [4.69, 9.17) is 0 Å². The first kappa shape index (κ1) is 13.3. The Morgan fingerprint density at radius 1 is 1.18 bits per heavy atom. The maximum absolute atomic E-state index is 13.4. The molecule has 0 amide bonds. The van der Waals surface area contributed by atoms with Crippen LogP contribution in [-0.4, -0.2) is 10.8 Å². The van der Waals surface area contributed by atoms with Crippen LogP contribution in [0.3, 0.4) is 0 Å². The number of ketones is 1. The van der Waals surface area contributed by atoms with Gasteiger partial charge in [0, 0.05) is 23.7 Å². The fraction of sp³-hybridized carbons (Fsp3) is 0.700. The highest BCUT2D eigenvalue weighted by Crippen LogP contribution is 2.62. The number of hydrogen-bond donors (Lipinski definition) is 0. The molecule has 5 rings (SSSR count). The van der Waals surface area contributed by atoms with Gasteiger partial charge in [-0.1, -0.05) is 18.9 Å². The van der Waals surface area contributed by atoms with Crippen molar-refractivity contribution in [3.8, 4) is 0 Å². The Balaban J connectivity index is 1.39. The van der Waals surface area contributed by atoms with Crippen molar-refractivity contribution in [2.24, 2.45) is 29.1 Å². The van der Waals surface area contributed by atoms with Crippen LogP contribution in [0.25, 0.3) is 0 Å². The molecule has 0 aromatic carbocycles. The topological polar surface area (TPSA) is 30.0 Å². The van der Waals surface area contributed by atoms with Gasteiger partial charge in [-0.15, -0.1) is 0 Å². The van der Waals surface area contributed by atoms with Gasteiger partial charge in [-0.05, 0) is 73.8 Å². The van der Waals surface area contributed by atoms with Gasteiger partial charge in [0.05, 0.1) is 0 Å². The molecule has 22 heavy (non-hydrogen) atoms. The van der Waals surface area contributed by atoms with E-state index in [1.807, 2.05) is 18.5 Å². The molecule has 116 valence electrons. The van der Waals surface area contributed by atoms with E-state index >= 15 is 0 Å². The van der Waals surface area contributed by atoms with Crippen LogP contribution in [0.1, 0.15) is 62.8 Å². The van der Waals surface area contributed by atoms with Crippen LogP contribution in [0.4, 0.5) is 0 Å². The Bertz CT molecular complexity index is 597. The molecule has 4 fully saturated rings. The minimum Gasteiger partial charge on any atom is -0.299 e. The molecule has 4 aliphatic rings. The number of hydrogen-bond acceptors (Lipinski definition) is 2. The molecule has 2 heteroatoms. The summed E-state index contributed by atoms with van der Waals surface area (Å²) >= 11 is 0. The minimum atomic E-state index is 0.0699. The summed E-state index contributed by atoms with van der Waals surface area (Å²) < 4.78 is 0. The zero-order valence-electron chi connectivity index (χ0n) is 13.2. The summed E-state index contributed by atoms with van der Waals surface area (Å²) in [5.74, 6) is 4.10. The molecule has 0 radical (unpaired) electrons. The number of fused-ring (bicyclic) bond motifs is 2. The van der Waals surface area contributed by atoms with E-state index in [2.05, 4.69) is 11.1 Å². The molecule has 0 aliphatic heterocycles. The van der Waals surface area contributed by atoms with E-state index in [1.54, 1.807) is 0 Å². The zero-order valence-corrected chi connectivity index (χ0v) is 13.2. The maximum Gasteiger partial charge on any atom is 0.142 e. The third-order valence-electron chi connectivity index (χ3n) is 7.26. The molecule has 4 saturated carbocycles. The van der Waals surface area contributed by atoms with Crippen molar-refractivity contribution in [3.05, 3.63) is 30.1 Å². The number of rotatable bonds is 3. The van der Waals surface area contributed by atoms with E-state index in [1.165, 1.54) is 50.5 Å². The summed E-state index contributed by atoms with van der Waals surface area (Å²) in [5.41, 5.74) is 1.35. The van der Waals surface area contributed by atoms with Gasteiger partial charge in [-0.25, -0.2) is 0 Å². The molecule has 0 spiro atoms.